The lowest BCUT2D eigenvalue weighted by atomic mass is 10.1. The zero-order valence-corrected chi connectivity index (χ0v) is 14.6. The number of esters is 1. The summed E-state index contributed by atoms with van der Waals surface area (Å²) in [7, 11) is 1.32. The average Bonchev–Trinajstić information content (AvgIpc) is 3.35. The van der Waals surface area contributed by atoms with Crippen LogP contribution < -0.4 is 9.47 Å². The number of rotatable bonds is 5. The Hall–Kier alpha value is -3.00. The number of hydrogen-bond acceptors (Lipinski definition) is 8. The Bertz CT molecular complexity index is 939. The van der Waals surface area contributed by atoms with Gasteiger partial charge < -0.3 is 18.6 Å². The normalized spacial score (nSPS) is 12.2. The summed E-state index contributed by atoms with van der Waals surface area (Å²) in [6, 6.07) is 12.8. The Morgan fingerprint density at radius 3 is 2.81 bits per heavy atom. The fraction of sp³-hybridized carbons (Fsp3) is 0.167. The van der Waals surface area contributed by atoms with Gasteiger partial charge in [0.2, 0.25) is 12.6 Å². The van der Waals surface area contributed by atoms with E-state index in [2.05, 4.69) is 14.9 Å². The topological polar surface area (TPSA) is 83.7 Å². The maximum atomic E-state index is 11.4. The molecule has 7 nitrogen and oxygen atoms in total. The molecule has 0 spiro atoms. The first-order valence-electron chi connectivity index (χ1n) is 7.76. The van der Waals surface area contributed by atoms with Crippen LogP contribution in [0.15, 0.2) is 51.9 Å². The Morgan fingerprint density at radius 1 is 1.12 bits per heavy atom. The van der Waals surface area contributed by atoms with E-state index in [0.717, 1.165) is 22.0 Å². The van der Waals surface area contributed by atoms with E-state index in [-0.39, 0.29) is 12.6 Å². The lowest BCUT2D eigenvalue weighted by molar-refractivity contribution is 0.0563. The molecule has 0 saturated carbocycles. The minimum atomic E-state index is -0.492. The van der Waals surface area contributed by atoms with E-state index in [9.17, 15) is 4.79 Å². The van der Waals surface area contributed by atoms with E-state index in [0.29, 0.717) is 17.3 Å². The summed E-state index contributed by atoms with van der Waals surface area (Å²) in [6.07, 6.45) is 0. The van der Waals surface area contributed by atoms with E-state index in [1.54, 1.807) is 12.1 Å². The van der Waals surface area contributed by atoms with Crippen LogP contribution in [-0.4, -0.2) is 30.1 Å². The smallest absolute Gasteiger partial charge is 0.373 e. The molecule has 8 heteroatoms. The van der Waals surface area contributed by atoms with E-state index >= 15 is 0 Å². The molecule has 0 saturated heterocycles. The standard InChI is InChI=1S/C18H14N2O5S/c1-22-18(21)15-6-3-12(25-15)9-26-17-7-4-13(19-20-17)11-2-5-14-16(8-11)24-10-23-14/h2-8H,9-10H2,1H3. The van der Waals surface area contributed by atoms with Crippen molar-refractivity contribution < 1.29 is 23.4 Å². The molecule has 4 rings (SSSR count). The van der Waals surface area contributed by atoms with Crippen LogP contribution in [0.5, 0.6) is 11.5 Å². The highest BCUT2D eigenvalue weighted by atomic mass is 32.2. The van der Waals surface area contributed by atoms with Gasteiger partial charge in [0.05, 0.1) is 18.6 Å². The van der Waals surface area contributed by atoms with Crippen LogP contribution in [-0.2, 0) is 10.5 Å². The molecule has 3 heterocycles. The maximum Gasteiger partial charge on any atom is 0.373 e. The van der Waals surface area contributed by atoms with E-state index < -0.39 is 5.97 Å². The summed E-state index contributed by atoms with van der Waals surface area (Å²) in [4.78, 5) is 11.4. The maximum absolute atomic E-state index is 11.4. The van der Waals surface area contributed by atoms with Gasteiger partial charge in [0.25, 0.3) is 0 Å². The second-order valence-electron chi connectivity index (χ2n) is 5.37. The molecule has 3 aromatic rings. The summed E-state index contributed by atoms with van der Waals surface area (Å²) in [5, 5.41) is 9.25. The van der Waals surface area contributed by atoms with Gasteiger partial charge in [0.1, 0.15) is 10.8 Å². The van der Waals surface area contributed by atoms with Gasteiger partial charge in [-0.15, -0.1) is 10.2 Å². The number of methoxy groups -OCH3 is 1. The van der Waals surface area contributed by atoms with Gasteiger partial charge >= 0.3 is 5.97 Å². The van der Waals surface area contributed by atoms with Gasteiger partial charge in [0, 0.05) is 5.56 Å². The Morgan fingerprint density at radius 2 is 2.00 bits per heavy atom. The summed E-state index contributed by atoms with van der Waals surface area (Å²) in [5.74, 6) is 2.34. The number of hydrogen-bond donors (Lipinski definition) is 0. The van der Waals surface area contributed by atoms with Crippen molar-refractivity contribution in [3.05, 3.63) is 54.0 Å². The molecule has 1 aliphatic heterocycles. The van der Waals surface area contributed by atoms with Crippen LogP contribution in [0.2, 0.25) is 0 Å². The third-order valence-corrected chi connectivity index (χ3v) is 4.66. The van der Waals surface area contributed by atoms with Gasteiger partial charge in [-0.2, -0.15) is 0 Å². The van der Waals surface area contributed by atoms with Crippen LogP contribution in [0.3, 0.4) is 0 Å². The average molecular weight is 370 g/mol. The highest BCUT2D eigenvalue weighted by Gasteiger charge is 2.15. The molecule has 0 atom stereocenters. The van der Waals surface area contributed by atoms with Crippen LogP contribution in [0.25, 0.3) is 11.3 Å². The molecule has 0 amide bonds. The van der Waals surface area contributed by atoms with Crippen LogP contribution in [0.4, 0.5) is 0 Å². The van der Waals surface area contributed by atoms with Gasteiger partial charge in [-0.3, -0.25) is 0 Å². The SMILES string of the molecule is COC(=O)c1ccc(CSc2ccc(-c3ccc4c(c3)OCO4)nn2)o1. The molecule has 0 radical (unpaired) electrons. The number of carbonyl (C=O) groups excluding carboxylic acids is 1. The number of aromatic nitrogens is 2. The molecule has 2 aromatic heterocycles. The van der Waals surface area contributed by atoms with E-state index in [1.807, 2.05) is 30.3 Å². The number of furan rings is 1. The number of carbonyl (C=O) groups is 1. The minimum Gasteiger partial charge on any atom is -0.463 e. The van der Waals surface area contributed by atoms with Gasteiger partial charge in [-0.1, -0.05) is 11.8 Å². The molecule has 0 fully saturated rings. The Labute approximate surface area is 153 Å². The summed E-state index contributed by atoms with van der Waals surface area (Å²) >= 11 is 1.47. The first-order chi connectivity index (χ1) is 12.7. The van der Waals surface area contributed by atoms with Crippen molar-refractivity contribution in [1.82, 2.24) is 10.2 Å². The van der Waals surface area contributed by atoms with Gasteiger partial charge in [-0.25, -0.2) is 4.79 Å². The molecule has 26 heavy (non-hydrogen) atoms. The number of fused-ring (bicyclic) bond motifs is 1. The molecule has 0 unspecified atom stereocenters. The van der Waals surface area contributed by atoms with Crippen molar-refractivity contribution in [2.75, 3.05) is 13.9 Å². The third-order valence-electron chi connectivity index (χ3n) is 3.72. The highest BCUT2D eigenvalue weighted by molar-refractivity contribution is 7.98. The van der Waals surface area contributed by atoms with Crippen LogP contribution >= 0.6 is 11.8 Å². The van der Waals surface area contributed by atoms with E-state index in [1.165, 1.54) is 18.9 Å². The molecule has 0 N–H and O–H groups in total. The predicted molar refractivity (Wildman–Crippen MR) is 93.2 cm³/mol. The number of benzene rings is 1. The van der Waals surface area contributed by atoms with Crippen molar-refractivity contribution in [3.63, 3.8) is 0 Å². The molecular formula is C18H14N2O5S. The van der Waals surface area contributed by atoms with Gasteiger partial charge in [0.15, 0.2) is 11.5 Å². The number of ether oxygens (including phenoxy) is 3. The number of thioether (sulfide) groups is 1. The second-order valence-corrected chi connectivity index (χ2v) is 6.37. The summed E-state index contributed by atoms with van der Waals surface area (Å²) < 4.78 is 20.7. The fourth-order valence-corrected chi connectivity index (χ4v) is 3.13. The summed E-state index contributed by atoms with van der Waals surface area (Å²) in [5.41, 5.74) is 1.66. The predicted octanol–water partition coefficient (Wildman–Crippen LogP) is 3.54. The first kappa shape index (κ1) is 16.5. The minimum absolute atomic E-state index is 0.187. The fourth-order valence-electron chi connectivity index (χ4n) is 2.42. The van der Waals surface area contributed by atoms with Crippen LogP contribution in [0.1, 0.15) is 16.3 Å². The van der Waals surface area contributed by atoms with Crippen molar-refractivity contribution in [2.45, 2.75) is 10.8 Å². The lowest BCUT2D eigenvalue weighted by Crippen LogP contribution is -1.98. The zero-order chi connectivity index (χ0) is 17.9. The molecule has 1 aromatic carbocycles. The molecule has 0 aliphatic carbocycles. The quantitative estimate of drug-likeness (QED) is 0.498. The Kier molecular flexibility index (Phi) is 4.49. The third kappa shape index (κ3) is 3.36. The lowest BCUT2D eigenvalue weighted by Gasteiger charge is -2.03. The highest BCUT2D eigenvalue weighted by Crippen LogP contribution is 2.35. The van der Waals surface area contributed by atoms with Crippen molar-refractivity contribution in [2.24, 2.45) is 0 Å². The second kappa shape index (κ2) is 7.09. The number of nitrogens with zero attached hydrogens (tertiary/aromatic N) is 2. The zero-order valence-electron chi connectivity index (χ0n) is 13.8. The van der Waals surface area contributed by atoms with Gasteiger partial charge in [-0.05, 0) is 42.5 Å². The summed E-state index contributed by atoms with van der Waals surface area (Å²) in [6.45, 7) is 0.241. The van der Waals surface area contributed by atoms with Crippen LogP contribution in [0, 0.1) is 0 Å². The van der Waals surface area contributed by atoms with E-state index in [4.69, 9.17) is 13.9 Å². The largest absolute Gasteiger partial charge is 0.463 e. The monoisotopic (exact) mass is 370 g/mol. The van der Waals surface area contributed by atoms with Crippen molar-refractivity contribution >= 4 is 17.7 Å². The van der Waals surface area contributed by atoms with Crippen molar-refractivity contribution in [1.29, 1.82) is 0 Å². The van der Waals surface area contributed by atoms with Crippen molar-refractivity contribution in [3.8, 4) is 22.8 Å². The molecule has 132 valence electrons. The molecular weight excluding hydrogens is 356 g/mol. The molecule has 1 aliphatic rings. The Balaban J connectivity index is 1.41. The molecule has 0 bridgehead atoms. The first-order valence-corrected chi connectivity index (χ1v) is 8.75.